The zero-order valence-corrected chi connectivity index (χ0v) is 25.0. The monoisotopic (exact) mass is 555 g/mol. The molecule has 0 spiro atoms. The summed E-state index contributed by atoms with van der Waals surface area (Å²) < 4.78 is 6.92. The van der Waals surface area contributed by atoms with Crippen molar-refractivity contribution in [3.05, 3.63) is 137 Å². The molecule has 0 bridgehead atoms. The number of furan rings is 1. The van der Waals surface area contributed by atoms with Crippen molar-refractivity contribution in [1.29, 1.82) is 0 Å². The van der Waals surface area contributed by atoms with Crippen molar-refractivity contribution in [3.63, 3.8) is 0 Å². The number of rotatable bonds is 3. The molecule has 2 aliphatic rings. The first-order chi connectivity index (χ1) is 21.0. The van der Waals surface area contributed by atoms with Crippen molar-refractivity contribution in [2.45, 2.75) is 33.1 Å². The maximum atomic E-state index is 6.92. The van der Waals surface area contributed by atoms with Gasteiger partial charge >= 0.3 is 0 Å². The summed E-state index contributed by atoms with van der Waals surface area (Å²) >= 11 is 0. The van der Waals surface area contributed by atoms with Crippen molar-refractivity contribution in [3.8, 4) is 33.4 Å². The Labute approximate surface area is 252 Å². The van der Waals surface area contributed by atoms with Crippen molar-refractivity contribution >= 4 is 33.7 Å². The van der Waals surface area contributed by atoms with E-state index in [9.17, 15) is 0 Å². The predicted molar refractivity (Wildman–Crippen MR) is 182 cm³/mol. The molecule has 1 aromatic heterocycles. The van der Waals surface area contributed by atoms with E-state index >= 15 is 0 Å². The molecule has 1 heterocycles. The lowest BCUT2D eigenvalue weighted by Gasteiger charge is -2.22. The molecule has 8 rings (SSSR count). The molecular formula is C41H33NO. The SMILES string of the molecule is C/C=C1/C=Cc2cccc(-c3cccc4c3oc3c(-c5ccc6c(c5)C(C)(C)c5ccccc5-6)cccc34)c2C1=NCC. The van der Waals surface area contributed by atoms with E-state index in [2.05, 4.69) is 143 Å². The number of para-hydroxylation sites is 2. The summed E-state index contributed by atoms with van der Waals surface area (Å²) in [5.41, 5.74) is 16.3. The largest absolute Gasteiger partial charge is 0.455 e. The van der Waals surface area contributed by atoms with Crippen molar-refractivity contribution in [1.82, 2.24) is 0 Å². The summed E-state index contributed by atoms with van der Waals surface area (Å²) in [6.45, 7) is 9.58. The van der Waals surface area contributed by atoms with Gasteiger partial charge in [0.15, 0.2) is 0 Å². The average molecular weight is 556 g/mol. The minimum Gasteiger partial charge on any atom is -0.455 e. The zero-order chi connectivity index (χ0) is 29.3. The van der Waals surface area contributed by atoms with Crippen LogP contribution in [-0.2, 0) is 5.41 Å². The van der Waals surface area contributed by atoms with E-state index in [1.54, 1.807) is 0 Å². The second-order valence-corrected chi connectivity index (χ2v) is 12.1. The molecule has 2 heteroatoms. The maximum absolute atomic E-state index is 6.92. The Morgan fingerprint density at radius 2 is 1.35 bits per heavy atom. The predicted octanol–water partition coefficient (Wildman–Crippen LogP) is 11.0. The van der Waals surface area contributed by atoms with E-state index in [4.69, 9.17) is 9.41 Å². The molecule has 0 saturated carbocycles. The van der Waals surface area contributed by atoms with Gasteiger partial charge in [-0.2, -0.15) is 0 Å². The lowest BCUT2D eigenvalue weighted by Crippen LogP contribution is -2.14. The van der Waals surface area contributed by atoms with Crippen LogP contribution in [0.5, 0.6) is 0 Å². The van der Waals surface area contributed by atoms with Gasteiger partial charge in [0.25, 0.3) is 0 Å². The molecule has 0 aliphatic heterocycles. The first-order valence-corrected chi connectivity index (χ1v) is 15.2. The Kier molecular flexibility index (Phi) is 5.71. The summed E-state index contributed by atoms with van der Waals surface area (Å²) in [6, 6.07) is 35.3. The van der Waals surface area contributed by atoms with E-state index in [0.29, 0.717) is 0 Å². The van der Waals surface area contributed by atoms with Crippen LogP contribution in [0.25, 0.3) is 61.4 Å². The molecule has 208 valence electrons. The normalized spacial score (nSPS) is 16.7. The van der Waals surface area contributed by atoms with Crippen molar-refractivity contribution in [2.24, 2.45) is 4.99 Å². The highest BCUT2D eigenvalue weighted by atomic mass is 16.3. The third-order valence-electron chi connectivity index (χ3n) is 9.39. The van der Waals surface area contributed by atoms with Crippen LogP contribution in [0.1, 0.15) is 49.9 Å². The minimum absolute atomic E-state index is 0.0543. The molecule has 0 unspecified atom stereocenters. The van der Waals surface area contributed by atoms with Crippen LogP contribution in [0.15, 0.2) is 124 Å². The van der Waals surface area contributed by atoms with Crippen LogP contribution in [-0.4, -0.2) is 12.3 Å². The van der Waals surface area contributed by atoms with Gasteiger partial charge in [-0.15, -0.1) is 0 Å². The molecule has 5 aromatic carbocycles. The Morgan fingerprint density at radius 1 is 0.674 bits per heavy atom. The number of hydrogen-bond acceptors (Lipinski definition) is 2. The molecule has 0 fully saturated rings. The zero-order valence-electron chi connectivity index (χ0n) is 25.0. The van der Waals surface area contributed by atoms with Gasteiger partial charge in [-0.3, -0.25) is 4.99 Å². The molecule has 2 aliphatic carbocycles. The van der Waals surface area contributed by atoms with Gasteiger partial charge in [-0.25, -0.2) is 0 Å². The van der Waals surface area contributed by atoms with Gasteiger partial charge in [-0.1, -0.05) is 123 Å². The van der Waals surface area contributed by atoms with Gasteiger partial charge in [0, 0.05) is 39.4 Å². The van der Waals surface area contributed by atoms with E-state index in [0.717, 1.165) is 56.5 Å². The Balaban J connectivity index is 1.34. The van der Waals surface area contributed by atoms with Gasteiger partial charge in [0.05, 0.1) is 5.71 Å². The number of benzene rings is 5. The number of aliphatic imine (C=N–C) groups is 1. The Morgan fingerprint density at radius 3 is 2.14 bits per heavy atom. The quantitative estimate of drug-likeness (QED) is 0.213. The smallest absolute Gasteiger partial charge is 0.143 e. The van der Waals surface area contributed by atoms with Gasteiger partial charge in [0.2, 0.25) is 0 Å². The summed E-state index contributed by atoms with van der Waals surface area (Å²) in [7, 11) is 0. The van der Waals surface area contributed by atoms with Crippen LogP contribution in [0.4, 0.5) is 0 Å². The van der Waals surface area contributed by atoms with E-state index < -0.39 is 0 Å². The highest BCUT2D eigenvalue weighted by Crippen LogP contribution is 2.50. The highest BCUT2D eigenvalue weighted by Gasteiger charge is 2.35. The molecule has 0 amide bonds. The Bertz CT molecular complexity index is 2200. The fourth-order valence-corrected chi connectivity index (χ4v) is 7.29. The molecular weight excluding hydrogens is 522 g/mol. The first-order valence-electron chi connectivity index (χ1n) is 15.2. The molecule has 0 N–H and O–H groups in total. The molecule has 2 nitrogen and oxygen atoms in total. The van der Waals surface area contributed by atoms with Gasteiger partial charge < -0.3 is 4.42 Å². The number of allylic oxidation sites excluding steroid dienone is 3. The van der Waals surface area contributed by atoms with Crippen LogP contribution >= 0.6 is 0 Å². The second-order valence-electron chi connectivity index (χ2n) is 12.1. The molecule has 6 aromatic rings. The Hall–Kier alpha value is -4.95. The second kappa shape index (κ2) is 9.54. The number of fused-ring (bicyclic) bond motifs is 7. The number of hydrogen-bond donors (Lipinski definition) is 0. The van der Waals surface area contributed by atoms with E-state index in [1.165, 1.54) is 38.9 Å². The van der Waals surface area contributed by atoms with Crippen LogP contribution < -0.4 is 0 Å². The lowest BCUT2D eigenvalue weighted by atomic mass is 9.81. The first kappa shape index (κ1) is 25.7. The molecule has 43 heavy (non-hydrogen) atoms. The molecule has 0 atom stereocenters. The van der Waals surface area contributed by atoms with Gasteiger partial charge in [-0.05, 0) is 64.4 Å². The van der Waals surface area contributed by atoms with Crippen LogP contribution in [0.3, 0.4) is 0 Å². The van der Waals surface area contributed by atoms with Crippen LogP contribution in [0.2, 0.25) is 0 Å². The summed E-state index contributed by atoms with van der Waals surface area (Å²) in [5, 5.41) is 2.27. The highest BCUT2D eigenvalue weighted by molar-refractivity contribution is 6.23. The molecule has 0 radical (unpaired) electrons. The molecule has 0 saturated heterocycles. The topological polar surface area (TPSA) is 25.5 Å². The summed E-state index contributed by atoms with van der Waals surface area (Å²) in [4.78, 5) is 4.96. The van der Waals surface area contributed by atoms with Gasteiger partial charge in [0.1, 0.15) is 11.2 Å². The number of nitrogens with zero attached hydrogens (tertiary/aromatic N) is 1. The fourth-order valence-electron chi connectivity index (χ4n) is 7.29. The minimum atomic E-state index is -0.0543. The van der Waals surface area contributed by atoms with E-state index in [-0.39, 0.29) is 5.41 Å². The summed E-state index contributed by atoms with van der Waals surface area (Å²) in [6.07, 6.45) is 6.52. The van der Waals surface area contributed by atoms with Crippen LogP contribution in [0, 0.1) is 0 Å². The lowest BCUT2D eigenvalue weighted by molar-refractivity contribution is 0.660. The third kappa shape index (κ3) is 3.69. The summed E-state index contributed by atoms with van der Waals surface area (Å²) in [5.74, 6) is 0. The maximum Gasteiger partial charge on any atom is 0.143 e. The van der Waals surface area contributed by atoms with Crippen molar-refractivity contribution < 1.29 is 4.42 Å². The standard InChI is InChI=1S/C41H33NO/c1-5-25-20-21-26-12-9-15-31(37(26)38(25)42-6-2)32-16-11-18-34-33-17-10-14-28(39(33)43-40(32)34)27-22-23-30-29-13-7-8-19-35(29)41(3,4)36(30)24-27/h5,7-24H,6H2,1-4H3/b25-5-,42-38?. The average Bonchev–Trinajstić information content (AvgIpc) is 3.53. The third-order valence-corrected chi connectivity index (χ3v) is 9.39. The van der Waals surface area contributed by atoms with E-state index in [1.807, 2.05) is 0 Å². The fraction of sp³-hybridized carbons (Fsp3) is 0.146. The van der Waals surface area contributed by atoms with Crippen molar-refractivity contribution in [2.75, 3.05) is 6.54 Å².